The minimum Gasteiger partial charge on any atom is -0.476 e. The molecule has 0 aromatic heterocycles. The molecule has 0 bridgehead atoms. The van der Waals surface area contributed by atoms with Crippen LogP contribution in [-0.4, -0.2) is 23.2 Å². The van der Waals surface area contributed by atoms with Crippen LogP contribution in [0.5, 0.6) is 11.5 Å². The van der Waals surface area contributed by atoms with E-state index in [1.807, 2.05) is 19.8 Å². The fraction of sp³-hybridized carbons (Fsp3) is 0.400. The van der Waals surface area contributed by atoms with Gasteiger partial charge in [-0.15, -0.1) is 6.42 Å². The second-order valence-electron chi connectivity index (χ2n) is 5.33. The van der Waals surface area contributed by atoms with Crippen LogP contribution in [0.4, 0.5) is 17.6 Å². The minimum atomic E-state index is -1.72. The molecule has 0 fully saturated rings. The lowest BCUT2D eigenvalue weighted by Crippen LogP contribution is -2.18. The van der Waals surface area contributed by atoms with Crippen molar-refractivity contribution in [3.8, 4) is 23.8 Å². The van der Waals surface area contributed by atoms with Crippen molar-refractivity contribution in [2.45, 2.75) is 25.9 Å². The number of benzene rings is 1. The van der Waals surface area contributed by atoms with Gasteiger partial charge < -0.3 is 14.3 Å². The van der Waals surface area contributed by atoms with Gasteiger partial charge in [0.15, 0.2) is 11.5 Å². The lowest BCUT2D eigenvalue weighted by molar-refractivity contribution is 0.0123. The highest BCUT2D eigenvalue weighted by Crippen LogP contribution is 2.35. The Balaban J connectivity index is 2.10. The molecule has 1 aliphatic heterocycles. The SMILES string of the molecule is C#CCOc1c(F)c(F)c(OCSC2=NOC(C)(C)C2)c(F)c1F. The number of hydrogen-bond acceptors (Lipinski definition) is 5. The van der Waals surface area contributed by atoms with Gasteiger partial charge in [-0.25, -0.2) is 0 Å². The molecule has 24 heavy (non-hydrogen) atoms. The normalized spacial score (nSPS) is 15.5. The van der Waals surface area contributed by atoms with Crippen LogP contribution in [0.25, 0.3) is 0 Å². The predicted molar refractivity (Wildman–Crippen MR) is 80.9 cm³/mol. The first kappa shape index (κ1) is 18.3. The number of terminal acetylenes is 1. The maximum Gasteiger partial charge on any atom is 0.207 e. The Morgan fingerprint density at radius 3 is 2.12 bits per heavy atom. The van der Waals surface area contributed by atoms with Crippen LogP contribution in [-0.2, 0) is 4.84 Å². The van der Waals surface area contributed by atoms with E-state index < -0.39 is 47.0 Å². The van der Waals surface area contributed by atoms with Crippen molar-refractivity contribution in [3.05, 3.63) is 23.3 Å². The summed E-state index contributed by atoms with van der Waals surface area (Å²) in [4.78, 5) is 5.11. The van der Waals surface area contributed by atoms with E-state index in [0.29, 0.717) is 11.5 Å². The Morgan fingerprint density at radius 1 is 1.12 bits per heavy atom. The predicted octanol–water partition coefficient (Wildman–Crippen LogP) is 3.84. The topological polar surface area (TPSA) is 40.0 Å². The molecule has 0 aliphatic carbocycles. The number of ether oxygens (including phenoxy) is 2. The molecule has 2 rings (SSSR count). The van der Waals surface area contributed by atoms with E-state index in [1.54, 1.807) is 0 Å². The molecule has 0 atom stereocenters. The third kappa shape index (κ3) is 3.87. The molecule has 1 aromatic carbocycles. The second kappa shape index (κ2) is 7.21. The highest BCUT2D eigenvalue weighted by Gasteiger charge is 2.30. The summed E-state index contributed by atoms with van der Waals surface area (Å²) in [6.07, 6.45) is 5.35. The van der Waals surface area contributed by atoms with Crippen molar-refractivity contribution in [3.63, 3.8) is 0 Å². The number of oxime groups is 1. The van der Waals surface area contributed by atoms with Crippen LogP contribution in [0.2, 0.25) is 0 Å². The summed E-state index contributed by atoms with van der Waals surface area (Å²) in [5.74, 6) is -7.61. The molecule has 9 heteroatoms. The molecular weight excluding hydrogens is 350 g/mol. The van der Waals surface area contributed by atoms with Crippen molar-refractivity contribution in [1.82, 2.24) is 0 Å². The maximum atomic E-state index is 13.9. The fourth-order valence-corrected chi connectivity index (χ4v) is 2.65. The Hall–Kier alpha value is -2.08. The molecule has 130 valence electrons. The summed E-state index contributed by atoms with van der Waals surface area (Å²) >= 11 is 0.995. The standard InChI is InChI=1S/C15H13F4NO3S/c1-4-5-21-13-9(16)11(18)14(12(19)10(13)17)22-7-24-8-6-15(2,3)23-20-8/h1H,5-7H2,2-3H3. The average molecular weight is 363 g/mol. The zero-order valence-corrected chi connectivity index (χ0v) is 13.6. The van der Waals surface area contributed by atoms with Crippen LogP contribution in [0.3, 0.4) is 0 Å². The van der Waals surface area contributed by atoms with Crippen molar-refractivity contribution in [2.24, 2.45) is 5.16 Å². The fourth-order valence-electron chi connectivity index (χ4n) is 1.80. The van der Waals surface area contributed by atoms with Gasteiger partial charge in [0.1, 0.15) is 23.2 Å². The van der Waals surface area contributed by atoms with Gasteiger partial charge >= 0.3 is 0 Å². The number of rotatable bonds is 5. The van der Waals surface area contributed by atoms with Gasteiger partial charge in [0, 0.05) is 6.42 Å². The maximum absolute atomic E-state index is 13.9. The van der Waals surface area contributed by atoms with Crippen molar-refractivity contribution in [2.75, 3.05) is 12.5 Å². The zero-order chi connectivity index (χ0) is 17.9. The molecule has 1 aliphatic rings. The molecule has 0 N–H and O–H groups in total. The Kier molecular flexibility index (Phi) is 5.49. The summed E-state index contributed by atoms with van der Waals surface area (Å²) in [5, 5.41) is 4.31. The molecule has 0 saturated heterocycles. The van der Waals surface area contributed by atoms with Crippen LogP contribution >= 0.6 is 11.8 Å². The van der Waals surface area contributed by atoms with E-state index in [0.717, 1.165) is 11.8 Å². The van der Waals surface area contributed by atoms with Gasteiger partial charge in [0.25, 0.3) is 0 Å². The highest BCUT2D eigenvalue weighted by atomic mass is 32.2. The summed E-state index contributed by atoms with van der Waals surface area (Å²) in [6.45, 7) is 3.08. The monoisotopic (exact) mass is 363 g/mol. The van der Waals surface area contributed by atoms with E-state index in [1.165, 1.54) is 0 Å². The minimum absolute atomic E-state index is 0.310. The van der Waals surface area contributed by atoms with Gasteiger partial charge in [0.2, 0.25) is 23.3 Å². The third-order valence-corrected chi connectivity index (χ3v) is 3.67. The quantitative estimate of drug-likeness (QED) is 0.345. The van der Waals surface area contributed by atoms with Gasteiger partial charge in [-0.2, -0.15) is 17.6 Å². The molecule has 0 spiro atoms. The van der Waals surface area contributed by atoms with Crippen LogP contribution < -0.4 is 9.47 Å². The summed E-state index contributed by atoms with van der Waals surface area (Å²) < 4.78 is 64.5. The van der Waals surface area contributed by atoms with Crippen molar-refractivity contribution >= 4 is 16.8 Å². The Bertz CT molecular complexity index is 687. The van der Waals surface area contributed by atoms with Crippen LogP contribution in [0, 0.1) is 35.6 Å². The highest BCUT2D eigenvalue weighted by molar-refractivity contribution is 8.13. The smallest absolute Gasteiger partial charge is 0.207 e. The molecule has 1 heterocycles. The Morgan fingerprint density at radius 2 is 1.67 bits per heavy atom. The second-order valence-corrected chi connectivity index (χ2v) is 6.32. The first-order chi connectivity index (χ1) is 11.3. The summed E-state index contributed by atoms with van der Waals surface area (Å²) in [5.41, 5.74) is -0.479. The van der Waals surface area contributed by atoms with E-state index >= 15 is 0 Å². The average Bonchev–Trinajstić information content (AvgIpc) is 2.88. The molecular formula is C15H13F4NO3S. The molecule has 4 nitrogen and oxygen atoms in total. The van der Waals surface area contributed by atoms with E-state index in [4.69, 9.17) is 16.0 Å². The van der Waals surface area contributed by atoms with Gasteiger partial charge in [-0.3, -0.25) is 0 Å². The van der Waals surface area contributed by atoms with Crippen LogP contribution in [0.1, 0.15) is 20.3 Å². The van der Waals surface area contributed by atoms with Gasteiger partial charge in [0.05, 0.1) is 0 Å². The lowest BCUT2D eigenvalue weighted by atomic mass is 10.1. The molecule has 0 amide bonds. The molecule has 0 radical (unpaired) electrons. The Labute approximate surface area is 140 Å². The number of nitrogens with zero attached hydrogens (tertiary/aromatic N) is 1. The first-order valence-corrected chi connectivity index (χ1v) is 7.68. The largest absolute Gasteiger partial charge is 0.476 e. The summed E-state index contributed by atoms with van der Waals surface area (Å²) in [6, 6.07) is 0. The van der Waals surface area contributed by atoms with E-state index in [-0.39, 0.29) is 5.94 Å². The number of hydrogen-bond donors (Lipinski definition) is 0. The molecule has 0 unspecified atom stereocenters. The first-order valence-electron chi connectivity index (χ1n) is 6.69. The number of halogens is 4. The summed E-state index contributed by atoms with van der Waals surface area (Å²) in [7, 11) is 0. The molecule has 1 aromatic rings. The van der Waals surface area contributed by atoms with Crippen molar-refractivity contribution in [1.29, 1.82) is 0 Å². The van der Waals surface area contributed by atoms with E-state index in [9.17, 15) is 17.6 Å². The van der Waals surface area contributed by atoms with Gasteiger partial charge in [-0.1, -0.05) is 22.8 Å². The lowest BCUT2D eigenvalue weighted by Gasteiger charge is -2.13. The zero-order valence-electron chi connectivity index (χ0n) is 12.8. The van der Waals surface area contributed by atoms with E-state index in [2.05, 4.69) is 9.89 Å². The van der Waals surface area contributed by atoms with Crippen molar-refractivity contribution < 1.29 is 31.9 Å². The van der Waals surface area contributed by atoms with Gasteiger partial charge in [-0.05, 0) is 13.8 Å². The third-order valence-electron chi connectivity index (χ3n) is 2.88. The van der Waals surface area contributed by atoms with Crippen LogP contribution in [0.15, 0.2) is 5.16 Å². The molecule has 0 saturated carbocycles. The number of thioether (sulfide) groups is 1.